The highest BCUT2D eigenvalue weighted by molar-refractivity contribution is 6.30. The van der Waals surface area contributed by atoms with E-state index in [-0.39, 0.29) is 24.9 Å². The van der Waals surface area contributed by atoms with Gasteiger partial charge in [-0.15, -0.1) is 0 Å². The maximum atomic E-state index is 13.7. The molecule has 0 aliphatic carbocycles. The molecular weight excluding hydrogens is 564 g/mol. The Labute approximate surface area is 242 Å². The van der Waals surface area contributed by atoms with Gasteiger partial charge in [0.15, 0.2) is 0 Å². The van der Waals surface area contributed by atoms with Crippen molar-refractivity contribution < 1.29 is 31.9 Å². The summed E-state index contributed by atoms with van der Waals surface area (Å²) in [6.45, 7) is 2.76. The van der Waals surface area contributed by atoms with E-state index in [0.717, 1.165) is 17.7 Å². The van der Waals surface area contributed by atoms with Gasteiger partial charge in [-0.05, 0) is 54.7 Å². The third-order valence-corrected chi connectivity index (χ3v) is 7.49. The number of aryl methyl sites for hydroxylation is 1. The summed E-state index contributed by atoms with van der Waals surface area (Å²) >= 11 is 5.98. The molecule has 0 spiro atoms. The van der Waals surface area contributed by atoms with E-state index in [0.29, 0.717) is 49.4 Å². The van der Waals surface area contributed by atoms with Crippen LogP contribution in [0.5, 0.6) is 0 Å². The Morgan fingerprint density at radius 1 is 1.02 bits per heavy atom. The lowest BCUT2D eigenvalue weighted by Crippen LogP contribution is -2.63. The molecule has 0 saturated carbocycles. The number of likely N-dealkylation sites (N-methyl/N-ethyl adjacent to an activating group) is 1. The summed E-state index contributed by atoms with van der Waals surface area (Å²) < 4.78 is 52.8. The minimum atomic E-state index is -5.17. The van der Waals surface area contributed by atoms with Crippen molar-refractivity contribution in [3.05, 3.63) is 70.5 Å². The summed E-state index contributed by atoms with van der Waals surface area (Å²) in [7, 11) is 1.56. The Morgan fingerprint density at radius 2 is 1.66 bits per heavy atom. The van der Waals surface area contributed by atoms with Crippen LogP contribution >= 0.6 is 11.6 Å². The standard InChI is InChI=1S/C29H35ClF4N4O3/c1-3-4-23-18-37(25(26(39)35-2)14-9-19-5-10-21(30)11-6-19)15-16-38(23)27(40)24(36-28(41)29(32,33)34)17-20-7-12-22(31)13-8-20/h5-8,10-13,23-25H,3-4,9,14-18H2,1-2H3,(H,35,39)(H,36,41). The highest BCUT2D eigenvalue weighted by Crippen LogP contribution is 2.23. The van der Waals surface area contributed by atoms with Gasteiger partial charge in [-0.2, -0.15) is 13.2 Å². The number of carbonyl (C=O) groups is 3. The van der Waals surface area contributed by atoms with Gasteiger partial charge in [-0.25, -0.2) is 4.39 Å². The maximum absolute atomic E-state index is 13.7. The Hall–Kier alpha value is -3.18. The Bertz CT molecular complexity index is 1180. The second kappa shape index (κ2) is 14.6. The van der Waals surface area contributed by atoms with Crippen molar-refractivity contribution >= 4 is 29.3 Å². The SMILES string of the molecule is CCCC1CN(C(CCc2ccc(Cl)cc2)C(=O)NC)CCN1C(=O)C(Cc1ccc(F)cc1)NC(=O)C(F)(F)F. The molecule has 224 valence electrons. The fraction of sp³-hybridized carbons (Fsp3) is 0.483. The van der Waals surface area contributed by atoms with E-state index in [1.807, 2.05) is 29.3 Å². The van der Waals surface area contributed by atoms with E-state index in [1.54, 1.807) is 19.2 Å². The molecule has 3 rings (SSSR count). The van der Waals surface area contributed by atoms with Crippen LogP contribution in [0.2, 0.25) is 5.02 Å². The minimum absolute atomic E-state index is 0.166. The van der Waals surface area contributed by atoms with Gasteiger partial charge in [0.05, 0.1) is 6.04 Å². The number of benzene rings is 2. The Morgan fingerprint density at radius 3 is 2.24 bits per heavy atom. The lowest BCUT2D eigenvalue weighted by Gasteiger charge is -2.45. The molecule has 7 nitrogen and oxygen atoms in total. The molecule has 0 radical (unpaired) electrons. The number of halogens is 5. The highest BCUT2D eigenvalue weighted by atomic mass is 35.5. The third-order valence-electron chi connectivity index (χ3n) is 7.24. The van der Waals surface area contributed by atoms with Crippen molar-refractivity contribution in [2.45, 2.75) is 63.3 Å². The predicted octanol–water partition coefficient (Wildman–Crippen LogP) is 4.13. The second-order valence-corrected chi connectivity index (χ2v) is 10.6. The van der Waals surface area contributed by atoms with Gasteiger partial charge in [0.1, 0.15) is 11.9 Å². The molecule has 1 saturated heterocycles. The van der Waals surface area contributed by atoms with E-state index >= 15 is 0 Å². The first-order valence-electron chi connectivity index (χ1n) is 13.6. The number of hydrogen-bond donors (Lipinski definition) is 2. The molecule has 3 amide bonds. The fourth-order valence-electron chi connectivity index (χ4n) is 5.13. The molecule has 1 heterocycles. The van der Waals surface area contributed by atoms with Gasteiger partial charge in [-0.3, -0.25) is 19.3 Å². The molecule has 3 atom stereocenters. The summed E-state index contributed by atoms with van der Waals surface area (Å²) in [5.74, 6) is -3.56. The van der Waals surface area contributed by atoms with E-state index in [9.17, 15) is 31.9 Å². The molecule has 1 fully saturated rings. The molecule has 2 aromatic carbocycles. The summed E-state index contributed by atoms with van der Waals surface area (Å²) in [6, 6.07) is 10.0. The zero-order chi connectivity index (χ0) is 30.2. The number of hydrogen-bond acceptors (Lipinski definition) is 4. The molecule has 3 unspecified atom stereocenters. The second-order valence-electron chi connectivity index (χ2n) is 10.1. The number of rotatable bonds is 11. The molecule has 2 N–H and O–H groups in total. The Kier molecular flexibility index (Phi) is 11.5. The summed E-state index contributed by atoms with van der Waals surface area (Å²) in [5, 5.41) is 5.17. The summed E-state index contributed by atoms with van der Waals surface area (Å²) in [4.78, 5) is 41.9. The lowest BCUT2D eigenvalue weighted by molar-refractivity contribution is -0.175. The van der Waals surface area contributed by atoms with Crippen LogP contribution < -0.4 is 10.6 Å². The zero-order valence-corrected chi connectivity index (χ0v) is 23.8. The molecule has 0 bridgehead atoms. The van der Waals surface area contributed by atoms with Crippen molar-refractivity contribution in [3.63, 3.8) is 0 Å². The van der Waals surface area contributed by atoms with Crippen molar-refractivity contribution in [1.29, 1.82) is 0 Å². The van der Waals surface area contributed by atoms with Gasteiger partial charge in [0.25, 0.3) is 0 Å². The largest absolute Gasteiger partial charge is 0.471 e. The maximum Gasteiger partial charge on any atom is 0.471 e. The fourth-order valence-corrected chi connectivity index (χ4v) is 5.26. The van der Waals surface area contributed by atoms with Gasteiger partial charge >= 0.3 is 12.1 Å². The number of carbonyl (C=O) groups excluding carboxylic acids is 3. The molecule has 41 heavy (non-hydrogen) atoms. The Balaban J connectivity index is 1.79. The third kappa shape index (κ3) is 9.16. The smallest absolute Gasteiger partial charge is 0.358 e. The summed E-state index contributed by atoms with van der Waals surface area (Å²) in [6.07, 6.45) is -3.03. The predicted molar refractivity (Wildman–Crippen MR) is 148 cm³/mol. The van der Waals surface area contributed by atoms with Crippen LogP contribution in [0.1, 0.15) is 37.3 Å². The number of nitrogens with one attached hydrogen (secondary N) is 2. The van der Waals surface area contributed by atoms with Crippen LogP contribution in [-0.4, -0.2) is 78.5 Å². The number of nitrogens with zero attached hydrogens (tertiary/aromatic N) is 2. The zero-order valence-electron chi connectivity index (χ0n) is 23.0. The average molecular weight is 599 g/mol. The van der Waals surface area contributed by atoms with Crippen molar-refractivity contribution in [2.24, 2.45) is 0 Å². The van der Waals surface area contributed by atoms with Gasteiger partial charge in [0, 0.05) is 44.2 Å². The van der Waals surface area contributed by atoms with Gasteiger partial charge in [-0.1, -0.05) is 49.2 Å². The van der Waals surface area contributed by atoms with Crippen LogP contribution in [-0.2, 0) is 27.2 Å². The normalized spacial score (nSPS) is 17.5. The van der Waals surface area contributed by atoms with Gasteiger partial charge < -0.3 is 15.5 Å². The van der Waals surface area contributed by atoms with E-state index in [2.05, 4.69) is 5.32 Å². The van der Waals surface area contributed by atoms with Crippen LogP contribution in [0.25, 0.3) is 0 Å². The molecule has 0 aromatic heterocycles. The number of amides is 3. The summed E-state index contributed by atoms with van der Waals surface area (Å²) in [5.41, 5.74) is 1.42. The molecular formula is C29H35ClF4N4O3. The van der Waals surface area contributed by atoms with Crippen LogP contribution in [0.15, 0.2) is 48.5 Å². The number of piperazine rings is 1. The first-order chi connectivity index (χ1) is 19.4. The molecule has 2 aromatic rings. The average Bonchev–Trinajstić information content (AvgIpc) is 2.94. The van der Waals surface area contributed by atoms with E-state index in [1.165, 1.54) is 17.0 Å². The van der Waals surface area contributed by atoms with E-state index < -0.39 is 35.9 Å². The van der Waals surface area contributed by atoms with E-state index in [4.69, 9.17) is 11.6 Å². The topological polar surface area (TPSA) is 81.8 Å². The first kappa shape index (κ1) is 32.3. The lowest BCUT2D eigenvalue weighted by atomic mass is 9.98. The molecule has 1 aliphatic rings. The highest BCUT2D eigenvalue weighted by Gasteiger charge is 2.43. The van der Waals surface area contributed by atoms with Crippen LogP contribution in [0.4, 0.5) is 17.6 Å². The van der Waals surface area contributed by atoms with Crippen molar-refractivity contribution in [3.8, 4) is 0 Å². The first-order valence-corrected chi connectivity index (χ1v) is 13.9. The quantitative estimate of drug-likeness (QED) is 0.381. The van der Waals surface area contributed by atoms with Crippen LogP contribution in [0, 0.1) is 5.82 Å². The van der Waals surface area contributed by atoms with Crippen LogP contribution in [0.3, 0.4) is 0 Å². The number of alkyl halides is 3. The minimum Gasteiger partial charge on any atom is -0.358 e. The molecule has 1 aliphatic heterocycles. The van der Waals surface area contributed by atoms with Gasteiger partial charge in [0.2, 0.25) is 11.8 Å². The van der Waals surface area contributed by atoms with Crippen molar-refractivity contribution in [2.75, 3.05) is 26.7 Å². The molecule has 12 heteroatoms. The van der Waals surface area contributed by atoms with Crippen molar-refractivity contribution in [1.82, 2.24) is 20.4 Å². The monoisotopic (exact) mass is 598 g/mol.